The fourth-order valence-corrected chi connectivity index (χ4v) is 2.66. The van der Waals surface area contributed by atoms with E-state index in [9.17, 15) is 4.79 Å². The van der Waals surface area contributed by atoms with Crippen LogP contribution in [0, 0.1) is 6.92 Å². The van der Waals surface area contributed by atoms with Crippen molar-refractivity contribution in [3.05, 3.63) is 60.0 Å². The van der Waals surface area contributed by atoms with E-state index in [0.29, 0.717) is 23.2 Å². The van der Waals surface area contributed by atoms with Crippen molar-refractivity contribution in [2.45, 2.75) is 26.5 Å². The number of hydrogen-bond donors (Lipinski definition) is 0. The number of rotatable bonds is 7. The van der Waals surface area contributed by atoms with E-state index >= 15 is 0 Å². The molecule has 0 saturated carbocycles. The Morgan fingerprint density at radius 1 is 1.18 bits per heavy atom. The molecule has 0 radical (unpaired) electrons. The van der Waals surface area contributed by atoms with Crippen LogP contribution in [0.15, 0.2) is 53.1 Å². The second-order valence-electron chi connectivity index (χ2n) is 6.51. The van der Waals surface area contributed by atoms with E-state index in [1.807, 2.05) is 55.5 Å². The van der Waals surface area contributed by atoms with Gasteiger partial charge < -0.3 is 18.9 Å². The van der Waals surface area contributed by atoms with Gasteiger partial charge in [-0.25, -0.2) is 0 Å². The summed E-state index contributed by atoms with van der Waals surface area (Å²) >= 11 is 0. The SMILES string of the molecule is COc1cccc(-c2noc(CN(C)C(=O)[C@@H](C)Oc3ccc(C)cc3)n2)c1. The Balaban J connectivity index is 1.62. The van der Waals surface area contributed by atoms with Crippen molar-refractivity contribution in [1.82, 2.24) is 15.0 Å². The molecule has 0 bridgehead atoms. The zero-order valence-electron chi connectivity index (χ0n) is 16.4. The lowest BCUT2D eigenvalue weighted by Gasteiger charge is -2.20. The van der Waals surface area contributed by atoms with Crippen molar-refractivity contribution < 1.29 is 18.8 Å². The smallest absolute Gasteiger partial charge is 0.263 e. The van der Waals surface area contributed by atoms with Gasteiger partial charge in [-0.1, -0.05) is 35.0 Å². The third-order valence-electron chi connectivity index (χ3n) is 4.23. The number of methoxy groups -OCH3 is 1. The van der Waals surface area contributed by atoms with Crippen molar-refractivity contribution in [1.29, 1.82) is 0 Å². The number of likely N-dealkylation sites (N-methyl/N-ethyl adjacent to an activating group) is 1. The molecule has 7 nitrogen and oxygen atoms in total. The van der Waals surface area contributed by atoms with Gasteiger partial charge in [0.25, 0.3) is 5.91 Å². The molecule has 3 rings (SSSR count). The van der Waals surface area contributed by atoms with Crippen LogP contribution in [0.2, 0.25) is 0 Å². The predicted molar refractivity (Wildman–Crippen MR) is 104 cm³/mol. The minimum atomic E-state index is -0.631. The molecule has 0 saturated heterocycles. The Hall–Kier alpha value is -3.35. The highest BCUT2D eigenvalue weighted by Crippen LogP contribution is 2.21. The van der Waals surface area contributed by atoms with Crippen molar-refractivity contribution in [3.63, 3.8) is 0 Å². The average molecular weight is 381 g/mol. The summed E-state index contributed by atoms with van der Waals surface area (Å²) in [7, 11) is 3.27. The quantitative estimate of drug-likeness (QED) is 0.624. The summed E-state index contributed by atoms with van der Waals surface area (Å²) in [6.07, 6.45) is -0.631. The van der Waals surface area contributed by atoms with Crippen LogP contribution in [-0.2, 0) is 11.3 Å². The highest BCUT2D eigenvalue weighted by atomic mass is 16.5. The second kappa shape index (κ2) is 8.56. The van der Waals surface area contributed by atoms with Gasteiger partial charge in [0.2, 0.25) is 11.7 Å². The van der Waals surface area contributed by atoms with E-state index in [2.05, 4.69) is 10.1 Å². The maximum Gasteiger partial charge on any atom is 0.263 e. The largest absolute Gasteiger partial charge is 0.497 e. The zero-order chi connectivity index (χ0) is 20.1. The van der Waals surface area contributed by atoms with Crippen LogP contribution in [0.25, 0.3) is 11.4 Å². The molecule has 7 heteroatoms. The Morgan fingerprint density at radius 3 is 2.64 bits per heavy atom. The van der Waals surface area contributed by atoms with Crippen molar-refractivity contribution in [2.75, 3.05) is 14.2 Å². The lowest BCUT2D eigenvalue weighted by atomic mass is 10.2. The van der Waals surface area contributed by atoms with E-state index in [1.165, 1.54) is 4.90 Å². The van der Waals surface area contributed by atoms with Crippen LogP contribution in [0.4, 0.5) is 0 Å². The summed E-state index contributed by atoms with van der Waals surface area (Å²) < 4.78 is 16.2. The molecule has 0 unspecified atom stereocenters. The molecule has 1 aromatic heterocycles. The Bertz CT molecular complexity index is 937. The van der Waals surface area contributed by atoms with E-state index in [4.69, 9.17) is 14.0 Å². The number of carbonyl (C=O) groups is 1. The maximum absolute atomic E-state index is 12.6. The second-order valence-corrected chi connectivity index (χ2v) is 6.51. The molecular formula is C21H23N3O4. The van der Waals surface area contributed by atoms with E-state index in [-0.39, 0.29) is 12.5 Å². The van der Waals surface area contributed by atoms with Crippen molar-refractivity contribution in [2.24, 2.45) is 0 Å². The minimum Gasteiger partial charge on any atom is -0.497 e. The Kier molecular flexibility index (Phi) is 5.93. The molecule has 2 aromatic carbocycles. The molecule has 1 amide bonds. The molecule has 146 valence electrons. The Morgan fingerprint density at radius 2 is 1.93 bits per heavy atom. The molecule has 1 heterocycles. The van der Waals surface area contributed by atoms with Gasteiger partial charge in [0.1, 0.15) is 11.5 Å². The van der Waals surface area contributed by atoms with Crippen LogP contribution in [0.1, 0.15) is 18.4 Å². The monoisotopic (exact) mass is 381 g/mol. The summed E-state index contributed by atoms with van der Waals surface area (Å²) in [4.78, 5) is 18.4. The lowest BCUT2D eigenvalue weighted by molar-refractivity contribution is -0.137. The van der Waals surface area contributed by atoms with Gasteiger partial charge in [0.15, 0.2) is 6.10 Å². The fraction of sp³-hybridized carbons (Fsp3) is 0.286. The first-order valence-corrected chi connectivity index (χ1v) is 8.91. The van der Waals surface area contributed by atoms with E-state index in [0.717, 1.165) is 11.1 Å². The van der Waals surface area contributed by atoms with Gasteiger partial charge in [-0.05, 0) is 38.1 Å². The van der Waals surface area contributed by atoms with E-state index in [1.54, 1.807) is 21.1 Å². The summed E-state index contributed by atoms with van der Waals surface area (Å²) in [5.41, 5.74) is 1.91. The number of amides is 1. The van der Waals surface area contributed by atoms with Crippen molar-refractivity contribution >= 4 is 5.91 Å². The third kappa shape index (κ3) is 4.68. The number of carbonyl (C=O) groups excluding carboxylic acids is 1. The van der Waals surface area contributed by atoms with Gasteiger partial charge in [0.05, 0.1) is 13.7 Å². The number of hydrogen-bond acceptors (Lipinski definition) is 6. The van der Waals surface area contributed by atoms with Crippen LogP contribution in [0.3, 0.4) is 0 Å². The topological polar surface area (TPSA) is 77.7 Å². The Labute approximate surface area is 163 Å². The number of ether oxygens (including phenoxy) is 2. The molecule has 3 aromatic rings. The van der Waals surface area contributed by atoms with E-state index < -0.39 is 6.10 Å². The highest BCUT2D eigenvalue weighted by Gasteiger charge is 2.21. The van der Waals surface area contributed by atoms with Crippen LogP contribution >= 0.6 is 0 Å². The number of benzene rings is 2. The van der Waals surface area contributed by atoms with Gasteiger partial charge >= 0.3 is 0 Å². The average Bonchev–Trinajstić information content (AvgIpc) is 3.17. The first-order valence-electron chi connectivity index (χ1n) is 8.91. The molecule has 1 atom stereocenters. The molecular weight excluding hydrogens is 358 g/mol. The van der Waals surface area contributed by atoms with Crippen LogP contribution in [0.5, 0.6) is 11.5 Å². The highest BCUT2D eigenvalue weighted by molar-refractivity contribution is 5.80. The fourth-order valence-electron chi connectivity index (χ4n) is 2.66. The van der Waals surface area contributed by atoms with Crippen LogP contribution < -0.4 is 9.47 Å². The maximum atomic E-state index is 12.6. The first-order chi connectivity index (χ1) is 13.5. The van der Waals surface area contributed by atoms with Gasteiger partial charge in [-0.3, -0.25) is 4.79 Å². The molecule has 0 aliphatic rings. The third-order valence-corrected chi connectivity index (χ3v) is 4.23. The number of aromatic nitrogens is 2. The minimum absolute atomic E-state index is 0.179. The van der Waals surface area contributed by atoms with Crippen molar-refractivity contribution in [3.8, 4) is 22.9 Å². The standard InChI is InChI=1S/C21H23N3O4/c1-14-8-10-17(11-9-14)27-15(2)21(25)24(3)13-19-22-20(23-28-19)16-6-5-7-18(12-16)26-4/h5-12,15H,13H2,1-4H3/t15-/m1/s1. The molecule has 0 N–H and O–H groups in total. The lowest BCUT2D eigenvalue weighted by Crippen LogP contribution is -2.37. The number of nitrogens with zero attached hydrogens (tertiary/aromatic N) is 3. The summed E-state index contributed by atoms with van der Waals surface area (Å²) in [5, 5.41) is 3.98. The van der Waals surface area contributed by atoms with Gasteiger partial charge in [-0.2, -0.15) is 4.98 Å². The summed E-state index contributed by atoms with van der Waals surface area (Å²) in [6, 6.07) is 14.9. The normalized spacial score (nSPS) is 11.7. The molecule has 0 fully saturated rings. The van der Waals surface area contributed by atoms with Gasteiger partial charge in [0, 0.05) is 12.6 Å². The van der Waals surface area contributed by atoms with Gasteiger partial charge in [-0.15, -0.1) is 0 Å². The first kappa shape index (κ1) is 19.4. The molecule has 0 spiro atoms. The molecule has 28 heavy (non-hydrogen) atoms. The summed E-state index contributed by atoms with van der Waals surface area (Å²) in [5.74, 6) is 1.97. The predicted octanol–water partition coefficient (Wildman–Crippen LogP) is 3.48. The molecule has 0 aliphatic carbocycles. The van der Waals surface area contributed by atoms with Crippen LogP contribution in [-0.4, -0.2) is 41.2 Å². The zero-order valence-corrected chi connectivity index (χ0v) is 16.4. The molecule has 0 aliphatic heterocycles. The summed E-state index contributed by atoms with van der Waals surface area (Å²) in [6.45, 7) is 3.90. The number of aryl methyl sites for hydroxylation is 1.